The van der Waals surface area contributed by atoms with Crippen molar-refractivity contribution in [3.8, 4) is 33.8 Å². The molecule has 11 rings (SSSR count). The van der Waals surface area contributed by atoms with Gasteiger partial charge in [0.25, 0.3) is 23.6 Å². The molecule has 0 saturated carbocycles. The van der Waals surface area contributed by atoms with Gasteiger partial charge in [-0.3, -0.25) is 43.6 Å². The number of nitrogens with zero attached hydrogens (tertiary/aromatic N) is 11. The van der Waals surface area contributed by atoms with E-state index in [1.807, 2.05) is 134 Å². The second-order valence-corrected chi connectivity index (χ2v) is 28.6. The highest BCUT2D eigenvalue weighted by Gasteiger charge is 2.47. The molecule has 0 radical (unpaired) electrons. The van der Waals surface area contributed by atoms with E-state index in [4.69, 9.17) is 58.2 Å². The van der Waals surface area contributed by atoms with E-state index in [1.54, 1.807) is 27.2 Å². The van der Waals surface area contributed by atoms with Crippen LogP contribution in [0.15, 0.2) is 91.4 Å². The lowest BCUT2D eigenvalue weighted by atomic mass is 9.84. The molecule has 5 aliphatic heterocycles. The molecule has 0 spiro atoms. The number of hydrogen-bond acceptors (Lipinski definition) is 27. The molecule has 4 amide bonds. The van der Waals surface area contributed by atoms with E-state index < -0.39 is 109 Å². The maximum Gasteiger partial charge on any atom is 0.333 e. The van der Waals surface area contributed by atoms with Crippen LogP contribution in [0.3, 0.4) is 0 Å². The van der Waals surface area contributed by atoms with Gasteiger partial charge in [-0.25, -0.2) is 18.8 Å². The summed E-state index contributed by atoms with van der Waals surface area (Å²) >= 11 is 0. The Morgan fingerprint density at radius 1 is 0.459 bits per heavy atom. The number of hydroxylamine groups is 4. The Balaban J connectivity index is 0.000000200. The average molecular weight is 1550 g/mol. The summed E-state index contributed by atoms with van der Waals surface area (Å²) in [5, 5.41) is 72.9. The number of carboxylic acids is 2. The van der Waals surface area contributed by atoms with Crippen molar-refractivity contribution < 1.29 is 112 Å². The lowest BCUT2D eigenvalue weighted by molar-refractivity contribution is -0.279. The van der Waals surface area contributed by atoms with E-state index in [0.29, 0.717) is 82.2 Å². The van der Waals surface area contributed by atoms with E-state index in [2.05, 4.69) is 30.9 Å². The number of rotatable bonds is 30. The summed E-state index contributed by atoms with van der Waals surface area (Å²) in [5.41, 5.74) is 8.46. The van der Waals surface area contributed by atoms with Crippen LogP contribution in [0.25, 0.3) is 33.8 Å². The standard InChI is InChI=1S/C28H36N4O8.C24H33N3O6.C21H29N3O6.C4H5NO3/c1-17-8-7-9-21(14-17)22-15-31(30-29-22)16-23-27(38-20(4)33)18(2)19(3)28(39-23)37-13-6-5-10-26(36)40-32-24(34)11-12-25(32)35;1-15-8-7-9-19(12-15)20-13-27(26-25-20)14-21-23(32-18(4)28)16(2)17(3)24(33-21)31-11-6-5-10-22(29)30;1-13-6-5-7-15(10-13)16-11-24(23-22-16)12-17-20(28)19(27)14(2)21(30-17)29-9-4-3-8-18(25)26;6-3-1-2-4(7)5(3)8/h7-9,14-15,18-19,23,27-28H,5-6,10-13,16H2,1-4H3;7-9,12-13,16-17,21,23-24H,5-6,10-11,14H2,1-4H3,(H,29,30);5-7,10-11,14,17,19-21,27-28H,3-4,8-9,12H2,1-2H3,(H,25,26);8H,1-2H2/t18-,19?,23?,27-,28-;16-,17?,21?,23-,24-;14?,17?,19-,20+,21-;/m111./s1. The largest absolute Gasteiger partial charge is 0.481 e. The number of aliphatic hydroxyl groups excluding tert-OH is 2. The van der Waals surface area contributed by atoms with E-state index >= 15 is 0 Å². The predicted octanol–water partition coefficient (Wildman–Crippen LogP) is 7.56. The molecule has 5 N–H and O–H groups in total. The van der Waals surface area contributed by atoms with Gasteiger partial charge in [-0.15, -0.1) is 20.4 Å². The zero-order valence-electron chi connectivity index (χ0n) is 64.3. The Morgan fingerprint density at radius 2 is 0.802 bits per heavy atom. The van der Waals surface area contributed by atoms with Crippen molar-refractivity contribution in [1.29, 1.82) is 0 Å². The summed E-state index contributed by atoms with van der Waals surface area (Å²) in [5.74, 6) is -5.62. The van der Waals surface area contributed by atoms with Crippen molar-refractivity contribution in [3.63, 3.8) is 0 Å². The summed E-state index contributed by atoms with van der Waals surface area (Å²) in [6.07, 6.45) is 2.92. The number of aliphatic hydroxyl groups is 2. The number of carboxylic acid groups (broad SMARTS) is 2. The topological polar surface area (TPSA) is 436 Å². The molecule has 5 aliphatic rings. The number of aryl methyl sites for hydroxylation is 3. The van der Waals surface area contributed by atoms with Gasteiger partial charge in [0.15, 0.2) is 18.9 Å². The molecular formula is C77H103N11O23. The molecule has 0 bridgehead atoms. The lowest BCUT2D eigenvalue weighted by Gasteiger charge is -2.43. The Morgan fingerprint density at radius 3 is 1.14 bits per heavy atom. The lowest BCUT2D eigenvalue weighted by Crippen LogP contribution is -2.55. The summed E-state index contributed by atoms with van der Waals surface area (Å²) in [6, 6.07) is 23.9. The molecule has 3 aromatic carbocycles. The molecule has 8 heterocycles. The third-order valence-electron chi connectivity index (χ3n) is 19.6. The Bertz CT molecular complexity index is 4060. The number of carbonyl (C=O) groups is 9. The van der Waals surface area contributed by atoms with Gasteiger partial charge in [0, 0.05) is 125 Å². The summed E-state index contributed by atoms with van der Waals surface area (Å²) < 4.78 is 52.4. The highest BCUT2D eigenvalue weighted by Crippen LogP contribution is 2.37. The van der Waals surface area contributed by atoms with Crippen LogP contribution in [0.5, 0.6) is 0 Å². The minimum absolute atomic E-state index is 0.00330. The second-order valence-electron chi connectivity index (χ2n) is 28.6. The Labute approximate surface area is 642 Å². The highest BCUT2D eigenvalue weighted by atomic mass is 16.7. The number of esters is 2. The minimum Gasteiger partial charge on any atom is -0.481 e. The molecule has 111 heavy (non-hydrogen) atoms. The van der Waals surface area contributed by atoms with Crippen LogP contribution in [-0.4, -0.2) is 216 Å². The Kier molecular flexibility index (Phi) is 33.0. The molecule has 5 saturated heterocycles. The third-order valence-corrected chi connectivity index (χ3v) is 19.6. The van der Waals surface area contributed by atoms with E-state index in [-0.39, 0.29) is 92.2 Å². The van der Waals surface area contributed by atoms with Crippen molar-refractivity contribution in [1.82, 2.24) is 55.1 Å². The SMILES string of the molecule is CC(=O)O[C@H]1C(Cn2cc(-c3cccc(C)c3)nn2)O[C@@H](OCCCCC(=O)O)C(C)[C@H]1C.CC(=O)O[C@H]1C(Cn2cc(-c3cccc(C)c3)nn2)O[C@@H](OCCCCC(=O)ON2C(=O)CCC2=O)C(C)[C@H]1C.Cc1cccc(-c2cn(CC3O[C@@H](OCCCCC(=O)O)C(C)[C@@H](O)[C@H]3O)nn2)c1.O=C1CCC(=O)N1O. The molecule has 604 valence electrons. The second kappa shape index (κ2) is 42.1. The number of amides is 4. The fourth-order valence-electron chi connectivity index (χ4n) is 13.0. The van der Waals surface area contributed by atoms with Crippen LogP contribution in [0.2, 0.25) is 0 Å². The van der Waals surface area contributed by atoms with Gasteiger partial charge < -0.3 is 63.2 Å². The number of benzene rings is 3. The van der Waals surface area contributed by atoms with Crippen LogP contribution in [0.4, 0.5) is 0 Å². The molecule has 6 unspecified atom stereocenters. The third kappa shape index (κ3) is 26.0. The first-order chi connectivity index (χ1) is 52.9. The zero-order chi connectivity index (χ0) is 80.6. The van der Waals surface area contributed by atoms with Gasteiger partial charge >= 0.3 is 29.8 Å². The quantitative estimate of drug-likeness (QED) is 0.0126. The van der Waals surface area contributed by atoms with Gasteiger partial charge in [-0.1, -0.05) is 122 Å². The summed E-state index contributed by atoms with van der Waals surface area (Å²) in [6.45, 7) is 20.5. The van der Waals surface area contributed by atoms with E-state index in [1.165, 1.54) is 13.8 Å². The normalized spacial score (nSPS) is 25.0. The Hall–Kier alpha value is -9.65. The van der Waals surface area contributed by atoms with Gasteiger partial charge in [-0.05, 0) is 77.5 Å². The number of unbranched alkanes of at least 4 members (excludes halogenated alkanes) is 3. The van der Waals surface area contributed by atoms with Crippen molar-refractivity contribution in [3.05, 3.63) is 108 Å². The van der Waals surface area contributed by atoms with Crippen LogP contribution in [0, 0.1) is 50.4 Å². The molecule has 6 aromatic rings. The molecule has 15 atom stereocenters. The van der Waals surface area contributed by atoms with Crippen molar-refractivity contribution in [2.75, 3.05) is 19.8 Å². The van der Waals surface area contributed by atoms with Crippen LogP contribution in [0.1, 0.15) is 149 Å². The number of hydrogen-bond donors (Lipinski definition) is 5. The number of aromatic nitrogens is 9. The zero-order valence-corrected chi connectivity index (χ0v) is 64.3. The average Bonchev–Trinajstić information content (AvgIpc) is 1.10. The highest BCUT2D eigenvalue weighted by molar-refractivity contribution is 6.01. The van der Waals surface area contributed by atoms with Gasteiger partial charge in [0.1, 0.15) is 53.7 Å². The van der Waals surface area contributed by atoms with Gasteiger partial charge in [0.05, 0.1) is 44.3 Å². The van der Waals surface area contributed by atoms with Crippen LogP contribution >= 0.6 is 0 Å². The molecule has 34 nitrogen and oxygen atoms in total. The van der Waals surface area contributed by atoms with Crippen LogP contribution in [-0.2, 0) is 106 Å². The van der Waals surface area contributed by atoms with Crippen LogP contribution < -0.4 is 0 Å². The predicted molar refractivity (Wildman–Crippen MR) is 390 cm³/mol. The molecule has 3 aromatic heterocycles. The molecule has 0 aliphatic carbocycles. The smallest absolute Gasteiger partial charge is 0.333 e. The van der Waals surface area contributed by atoms with Gasteiger partial charge in [-0.2, -0.15) is 5.06 Å². The number of aliphatic carboxylic acids is 2. The first-order valence-corrected chi connectivity index (χ1v) is 37.4. The van der Waals surface area contributed by atoms with Crippen molar-refractivity contribution >= 4 is 53.5 Å². The maximum atomic E-state index is 12.0. The number of ether oxygens (including phenoxy) is 8. The summed E-state index contributed by atoms with van der Waals surface area (Å²) in [4.78, 5) is 105. The van der Waals surface area contributed by atoms with Gasteiger partial charge in [0.2, 0.25) is 0 Å². The molecular weight excluding hydrogens is 1450 g/mol. The monoisotopic (exact) mass is 1550 g/mol. The number of imide groups is 2. The fourth-order valence-corrected chi connectivity index (χ4v) is 13.0. The van der Waals surface area contributed by atoms with E-state index in [9.17, 15) is 53.4 Å². The summed E-state index contributed by atoms with van der Waals surface area (Å²) in [7, 11) is 0. The number of carbonyl (C=O) groups excluding carboxylic acids is 7. The molecule has 34 heteroatoms. The molecule has 5 fully saturated rings. The van der Waals surface area contributed by atoms with Crippen molar-refractivity contribution in [2.45, 2.75) is 234 Å². The van der Waals surface area contributed by atoms with E-state index in [0.717, 1.165) is 44.8 Å². The minimum atomic E-state index is -1.08. The van der Waals surface area contributed by atoms with Crippen molar-refractivity contribution in [2.24, 2.45) is 29.6 Å². The first kappa shape index (κ1) is 86.9. The first-order valence-electron chi connectivity index (χ1n) is 37.4. The maximum absolute atomic E-state index is 12.0. The fraction of sp³-hybridized carbons (Fsp3) is 0.571.